The van der Waals surface area contributed by atoms with Crippen LogP contribution in [-0.4, -0.2) is 23.6 Å². The average Bonchev–Trinajstić information content (AvgIpc) is 2.94. The molecule has 9 heteroatoms. The van der Waals surface area contributed by atoms with Gasteiger partial charge in [-0.2, -0.15) is 13.2 Å². The first-order chi connectivity index (χ1) is 14.7. The molecule has 2 aromatic carbocycles. The topological polar surface area (TPSA) is 39.9 Å². The Balaban J connectivity index is 1.77. The van der Waals surface area contributed by atoms with Crippen molar-refractivity contribution < 1.29 is 18.0 Å². The van der Waals surface area contributed by atoms with E-state index in [9.17, 15) is 18.0 Å². The second-order valence-corrected chi connectivity index (χ2v) is 8.02. The molecule has 1 N–H and O–H groups in total. The molecule has 4 rings (SSSR count). The third kappa shape index (κ3) is 3.36. The Morgan fingerprint density at radius 1 is 1.16 bits per heavy atom. The molecule has 1 spiro atoms. The standard InChI is InChI=1S/C22H19F3N4OS/c1-26-13-14-4-6-15(7-5-14)29-20(31)28(19(30)21(29)10-3-11-21)16-8-9-18(27-2)17(12-16)22(23,24)25/h4-9,12,26H,3,10-11,13H2,1H3. The number of nitrogens with zero attached hydrogens (tertiary/aromatic N) is 3. The van der Waals surface area contributed by atoms with Crippen molar-refractivity contribution in [2.24, 2.45) is 0 Å². The number of carbonyl (C=O) groups excluding carboxylic acids is 1. The van der Waals surface area contributed by atoms with Crippen molar-refractivity contribution in [2.45, 2.75) is 37.5 Å². The molecule has 1 aliphatic carbocycles. The van der Waals surface area contributed by atoms with E-state index in [1.54, 1.807) is 4.90 Å². The largest absolute Gasteiger partial charge is 0.407 e. The number of carbonyl (C=O) groups is 1. The van der Waals surface area contributed by atoms with E-state index in [0.717, 1.165) is 29.8 Å². The number of halogens is 3. The fourth-order valence-corrected chi connectivity index (χ4v) is 4.63. The van der Waals surface area contributed by atoms with Crippen molar-refractivity contribution in [3.63, 3.8) is 0 Å². The highest BCUT2D eigenvalue weighted by molar-refractivity contribution is 7.81. The van der Waals surface area contributed by atoms with Crippen LogP contribution >= 0.6 is 12.2 Å². The predicted molar refractivity (Wildman–Crippen MR) is 116 cm³/mol. The summed E-state index contributed by atoms with van der Waals surface area (Å²) < 4.78 is 40.4. The molecule has 0 bridgehead atoms. The Morgan fingerprint density at radius 2 is 1.81 bits per heavy atom. The molecular weight excluding hydrogens is 425 g/mol. The molecule has 2 aromatic rings. The van der Waals surface area contributed by atoms with Gasteiger partial charge in [-0.3, -0.25) is 9.69 Å². The lowest BCUT2D eigenvalue weighted by molar-refractivity contribution is -0.136. The number of hydrogen-bond acceptors (Lipinski definition) is 3. The number of thiocarbonyl (C=S) groups is 1. The van der Waals surface area contributed by atoms with Crippen LogP contribution in [0.3, 0.4) is 0 Å². The third-order valence-electron chi connectivity index (χ3n) is 5.83. The van der Waals surface area contributed by atoms with E-state index in [1.807, 2.05) is 31.3 Å². The SMILES string of the molecule is [C-]#[N+]c1ccc(N2C(=O)C3(CCC3)N(c3ccc(CNC)cc3)C2=S)cc1C(F)(F)F. The van der Waals surface area contributed by atoms with Crippen LogP contribution in [0.4, 0.5) is 30.2 Å². The maximum Gasteiger partial charge on any atom is 0.407 e. The van der Waals surface area contributed by atoms with E-state index >= 15 is 0 Å². The number of nitrogens with one attached hydrogen (secondary N) is 1. The van der Waals surface area contributed by atoms with Crippen LogP contribution < -0.4 is 15.1 Å². The zero-order valence-electron chi connectivity index (χ0n) is 16.7. The molecule has 0 aromatic heterocycles. The summed E-state index contributed by atoms with van der Waals surface area (Å²) in [6, 6.07) is 10.9. The lowest BCUT2D eigenvalue weighted by Gasteiger charge is -2.43. The van der Waals surface area contributed by atoms with Crippen LogP contribution in [0.1, 0.15) is 30.4 Å². The van der Waals surface area contributed by atoms with Crippen molar-refractivity contribution in [2.75, 3.05) is 16.8 Å². The van der Waals surface area contributed by atoms with Gasteiger partial charge in [0, 0.05) is 17.9 Å². The summed E-state index contributed by atoms with van der Waals surface area (Å²) in [5.74, 6) is -0.327. The van der Waals surface area contributed by atoms with Crippen molar-refractivity contribution in [1.29, 1.82) is 0 Å². The molecular formula is C22H19F3N4OS. The zero-order valence-corrected chi connectivity index (χ0v) is 17.5. The Morgan fingerprint density at radius 3 is 2.32 bits per heavy atom. The summed E-state index contributed by atoms with van der Waals surface area (Å²) in [5, 5.41) is 3.22. The highest BCUT2D eigenvalue weighted by Gasteiger charge is 2.59. The van der Waals surface area contributed by atoms with E-state index in [4.69, 9.17) is 18.8 Å². The van der Waals surface area contributed by atoms with Gasteiger partial charge in [-0.25, -0.2) is 4.85 Å². The molecule has 1 saturated carbocycles. The number of alkyl halides is 3. The summed E-state index contributed by atoms with van der Waals surface area (Å²) in [6.07, 6.45) is -2.72. The maximum absolute atomic E-state index is 13.5. The summed E-state index contributed by atoms with van der Waals surface area (Å²) >= 11 is 5.61. The summed E-state index contributed by atoms with van der Waals surface area (Å²) in [5.41, 5.74) is -0.646. The second kappa shape index (κ2) is 7.62. The van der Waals surface area contributed by atoms with Crippen LogP contribution in [0.5, 0.6) is 0 Å². The molecule has 0 radical (unpaired) electrons. The van der Waals surface area contributed by atoms with Crippen LogP contribution in [0.2, 0.25) is 0 Å². The van der Waals surface area contributed by atoms with E-state index in [0.29, 0.717) is 19.4 Å². The number of rotatable bonds is 4. The number of anilines is 2. The van der Waals surface area contributed by atoms with Crippen LogP contribution in [-0.2, 0) is 17.5 Å². The first kappa shape index (κ1) is 21.3. The van der Waals surface area contributed by atoms with Gasteiger partial charge in [0.05, 0.1) is 12.1 Å². The lowest BCUT2D eigenvalue weighted by atomic mass is 9.75. The predicted octanol–water partition coefficient (Wildman–Crippen LogP) is 5.04. The Hall–Kier alpha value is -2.96. The first-order valence-electron chi connectivity index (χ1n) is 9.74. The van der Waals surface area contributed by atoms with Crippen molar-refractivity contribution >= 4 is 40.3 Å². The van der Waals surface area contributed by atoms with Gasteiger partial charge in [0.2, 0.25) is 0 Å². The van der Waals surface area contributed by atoms with E-state index in [2.05, 4.69) is 10.2 Å². The molecule has 1 amide bonds. The Kier molecular flexibility index (Phi) is 5.23. The molecule has 1 heterocycles. The van der Waals surface area contributed by atoms with Crippen LogP contribution in [0.15, 0.2) is 42.5 Å². The molecule has 0 atom stereocenters. The van der Waals surface area contributed by atoms with Crippen LogP contribution in [0.25, 0.3) is 4.85 Å². The van der Waals surface area contributed by atoms with Crippen molar-refractivity contribution in [3.8, 4) is 0 Å². The molecule has 2 aliphatic rings. The molecule has 0 unspecified atom stereocenters. The highest BCUT2D eigenvalue weighted by atomic mass is 32.1. The maximum atomic E-state index is 13.5. The molecule has 1 saturated heterocycles. The third-order valence-corrected chi connectivity index (χ3v) is 6.20. The minimum Gasteiger partial charge on any atom is -0.316 e. The molecule has 31 heavy (non-hydrogen) atoms. The Bertz CT molecular complexity index is 1090. The zero-order chi connectivity index (χ0) is 22.4. The van der Waals surface area contributed by atoms with E-state index in [1.165, 1.54) is 11.0 Å². The van der Waals surface area contributed by atoms with Gasteiger partial charge in [-0.15, -0.1) is 0 Å². The smallest absolute Gasteiger partial charge is 0.316 e. The first-order valence-corrected chi connectivity index (χ1v) is 10.1. The quantitative estimate of drug-likeness (QED) is 0.530. The Labute approximate surface area is 183 Å². The minimum atomic E-state index is -4.71. The molecule has 160 valence electrons. The van der Waals surface area contributed by atoms with E-state index in [-0.39, 0.29) is 16.7 Å². The fraction of sp³-hybridized carbons (Fsp3) is 0.318. The van der Waals surface area contributed by atoms with Crippen molar-refractivity contribution in [3.05, 3.63) is 65.0 Å². The normalized spacial score (nSPS) is 17.8. The summed E-state index contributed by atoms with van der Waals surface area (Å²) in [6.45, 7) is 7.71. The van der Waals surface area contributed by atoms with Gasteiger partial charge in [0.1, 0.15) is 5.54 Å². The van der Waals surface area contributed by atoms with Gasteiger partial charge in [0.15, 0.2) is 10.8 Å². The highest BCUT2D eigenvalue weighted by Crippen LogP contribution is 2.48. The molecule has 1 aliphatic heterocycles. The molecule has 2 fully saturated rings. The van der Waals surface area contributed by atoms with Crippen LogP contribution in [0, 0.1) is 6.57 Å². The second-order valence-electron chi connectivity index (χ2n) is 7.65. The van der Waals surface area contributed by atoms with Gasteiger partial charge >= 0.3 is 6.18 Å². The average molecular weight is 444 g/mol. The van der Waals surface area contributed by atoms with Crippen molar-refractivity contribution in [1.82, 2.24) is 5.32 Å². The summed E-state index contributed by atoms with van der Waals surface area (Å²) in [7, 11) is 1.85. The van der Waals surface area contributed by atoms with Gasteiger partial charge in [0.25, 0.3) is 5.91 Å². The van der Waals surface area contributed by atoms with Gasteiger partial charge < -0.3 is 10.2 Å². The number of benzene rings is 2. The molecule has 5 nitrogen and oxygen atoms in total. The van der Waals surface area contributed by atoms with E-state index < -0.39 is 23.0 Å². The van der Waals surface area contributed by atoms with Gasteiger partial charge in [-0.05, 0) is 68.4 Å². The monoisotopic (exact) mass is 444 g/mol. The fourth-order valence-electron chi connectivity index (χ4n) is 4.16. The number of hydrogen-bond donors (Lipinski definition) is 1. The van der Waals surface area contributed by atoms with Gasteiger partial charge in [-0.1, -0.05) is 18.2 Å². The minimum absolute atomic E-state index is 0.0234. The lowest BCUT2D eigenvalue weighted by Crippen LogP contribution is -2.55. The number of amides is 1. The summed E-state index contributed by atoms with van der Waals surface area (Å²) in [4.78, 5) is 19.3.